The van der Waals surface area contributed by atoms with Crippen LogP contribution in [0.15, 0.2) is 0 Å². The monoisotopic (exact) mass is 116 g/mol. The van der Waals surface area contributed by atoms with Gasteiger partial charge in [-0.1, -0.05) is 5.92 Å². The molecule has 0 aliphatic heterocycles. The fraction of sp³-hybridized carbons (Fsp3) is 0.600. The summed E-state index contributed by atoms with van der Waals surface area (Å²) in [5, 5.41) is 0. The van der Waals surface area contributed by atoms with Crippen molar-refractivity contribution < 1.29 is 4.52 Å². The Morgan fingerprint density at radius 1 is 1.71 bits per heavy atom. The SMILES string of the molecule is CC#CC(C)OP. The Hall–Kier alpha value is -0.0500. The molecule has 0 aliphatic rings. The van der Waals surface area contributed by atoms with E-state index in [2.05, 4.69) is 21.3 Å². The zero-order valence-electron chi connectivity index (χ0n) is 4.56. The fourth-order valence-electron chi connectivity index (χ4n) is 0.237. The molecule has 7 heavy (non-hydrogen) atoms. The molecule has 2 unspecified atom stereocenters. The lowest BCUT2D eigenvalue weighted by molar-refractivity contribution is 0.329. The number of hydrogen-bond acceptors (Lipinski definition) is 1. The van der Waals surface area contributed by atoms with E-state index in [4.69, 9.17) is 4.52 Å². The van der Waals surface area contributed by atoms with Crippen molar-refractivity contribution in [1.29, 1.82) is 0 Å². The normalized spacial score (nSPS) is 11.9. The molecule has 0 fully saturated rings. The maximum atomic E-state index is 4.73. The summed E-state index contributed by atoms with van der Waals surface area (Å²) in [4.78, 5) is 0. The van der Waals surface area contributed by atoms with E-state index in [0.717, 1.165) is 0 Å². The van der Waals surface area contributed by atoms with Crippen molar-refractivity contribution in [2.24, 2.45) is 0 Å². The first-order valence-corrected chi connectivity index (χ1v) is 2.56. The van der Waals surface area contributed by atoms with E-state index >= 15 is 0 Å². The van der Waals surface area contributed by atoms with Gasteiger partial charge in [-0.15, -0.1) is 5.92 Å². The molecule has 0 amide bonds. The smallest absolute Gasteiger partial charge is 0.118 e. The summed E-state index contributed by atoms with van der Waals surface area (Å²) in [6.45, 7) is 3.68. The lowest BCUT2D eigenvalue weighted by atomic mass is 10.4. The van der Waals surface area contributed by atoms with Crippen LogP contribution in [0.2, 0.25) is 0 Å². The lowest BCUT2D eigenvalue weighted by Crippen LogP contribution is -1.93. The summed E-state index contributed by atoms with van der Waals surface area (Å²) < 4.78 is 4.73. The predicted molar refractivity (Wildman–Crippen MR) is 33.7 cm³/mol. The molecular weight excluding hydrogens is 107 g/mol. The highest BCUT2D eigenvalue weighted by Gasteiger charge is 1.85. The first kappa shape index (κ1) is 6.95. The van der Waals surface area contributed by atoms with Gasteiger partial charge in [0.15, 0.2) is 0 Å². The Balaban J connectivity index is 3.29. The van der Waals surface area contributed by atoms with Gasteiger partial charge in [-0.25, -0.2) is 0 Å². The third kappa shape index (κ3) is 3.79. The number of hydrogen-bond donors (Lipinski definition) is 0. The van der Waals surface area contributed by atoms with Crippen LogP contribution < -0.4 is 0 Å². The molecule has 0 N–H and O–H groups in total. The summed E-state index contributed by atoms with van der Waals surface area (Å²) in [6.07, 6.45) is 0.0509. The Morgan fingerprint density at radius 2 is 2.29 bits per heavy atom. The Labute approximate surface area is 46.7 Å². The van der Waals surface area contributed by atoms with Crippen LogP contribution in [0.25, 0.3) is 0 Å². The highest BCUT2D eigenvalue weighted by atomic mass is 31.0. The van der Waals surface area contributed by atoms with Gasteiger partial charge in [-0.2, -0.15) is 0 Å². The van der Waals surface area contributed by atoms with Crippen molar-refractivity contribution >= 4 is 9.47 Å². The fourth-order valence-corrected chi connectivity index (χ4v) is 0.305. The quantitative estimate of drug-likeness (QED) is 0.369. The molecule has 2 heteroatoms. The summed E-state index contributed by atoms with van der Waals surface area (Å²) in [7, 11) is 2.17. The molecule has 0 aromatic carbocycles. The van der Waals surface area contributed by atoms with Crippen molar-refractivity contribution in [2.75, 3.05) is 0 Å². The van der Waals surface area contributed by atoms with Crippen LogP contribution >= 0.6 is 9.47 Å². The van der Waals surface area contributed by atoms with Gasteiger partial charge in [0.05, 0.1) is 0 Å². The Kier molecular flexibility index (Phi) is 4.09. The minimum Gasteiger partial charge on any atom is -0.350 e. The van der Waals surface area contributed by atoms with Crippen LogP contribution in [0.3, 0.4) is 0 Å². The molecule has 0 saturated carbocycles. The molecule has 1 nitrogen and oxygen atoms in total. The van der Waals surface area contributed by atoms with Gasteiger partial charge in [0, 0.05) is 9.47 Å². The highest BCUT2D eigenvalue weighted by Crippen LogP contribution is 1.92. The molecule has 0 aromatic heterocycles. The van der Waals surface area contributed by atoms with Crippen LogP contribution in [-0.2, 0) is 4.52 Å². The average molecular weight is 116 g/mol. The Morgan fingerprint density at radius 3 is 2.43 bits per heavy atom. The van der Waals surface area contributed by atoms with Crippen molar-refractivity contribution in [2.45, 2.75) is 20.0 Å². The molecule has 2 atom stereocenters. The summed E-state index contributed by atoms with van der Waals surface area (Å²) in [6, 6.07) is 0. The second-order valence-electron chi connectivity index (χ2n) is 1.17. The van der Waals surface area contributed by atoms with Crippen molar-refractivity contribution in [3.8, 4) is 11.8 Å². The molecule has 0 spiro atoms. The van der Waals surface area contributed by atoms with E-state index in [1.165, 1.54) is 0 Å². The number of rotatable bonds is 1. The first-order valence-electron chi connectivity index (χ1n) is 2.09. The molecule has 0 saturated heterocycles. The minimum absolute atomic E-state index is 0.0509. The molecule has 0 rings (SSSR count). The zero-order chi connectivity index (χ0) is 5.70. The van der Waals surface area contributed by atoms with Crippen molar-refractivity contribution in [3.63, 3.8) is 0 Å². The second-order valence-corrected chi connectivity index (χ2v) is 1.44. The van der Waals surface area contributed by atoms with Gasteiger partial charge in [-0.3, -0.25) is 0 Å². The van der Waals surface area contributed by atoms with Crippen molar-refractivity contribution in [1.82, 2.24) is 0 Å². The van der Waals surface area contributed by atoms with Crippen LogP contribution in [0.5, 0.6) is 0 Å². The van der Waals surface area contributed by atoms with Gasteiger partial charge >= 0.3 is 0 Å². The highest BCUT2D eigenvalue weighted by molar-refractivity contribution is 7.09. The zero-order valence-corrected chi connectivity index (χ0v) is 5.72. The summed E-state index contributed by atoms with van der Waals surface area (Å²) >= 11 is 0. The van der Waals surface area contributed by atoms with E-state index in [9.17, 15) is 0 Å². The minimum atomic E-state index is 0.0509. The third-order valence-electron chi connectivity index (χ3n) is 0.552. The van der Waals surface area contributed by atoms with E-state index in [0.29, 0.717) is 0 Å². The molecule has 0 radical (unpaired) electrons. The van der Waals surface area contributed by atoms with Gasteiger partial charge in [0.2, 0.25) is 0 Å². The Bertz CT molecular complexity index is 90.0. The third-order valence-corrected chi connectivity index (χ3v) is 0.960. The van der Waals surface area contributed by atoms with Crippen LogP contribution in [0, 0.1) is 11.8 Å². The second kappa shape index (κ2) is 4.12. The molecule has 40 valence electrons. The molecular formula is C5H9OP. The van der Waals surface area contributed by atoms with Crippen LogP contribution in [0.1, 0.15) is 13.8 Å². The summed E-state index contributed by atoms with van der Waals surface area (Å²) in [5.41, 5.74) is 0. The van der Waals surface area contributed by atoms with Crippen LogP contribution in [0.4, 0.5) is 0 Å². The maximum absolute atomic E-state index is 4.73. The lowest BCUT2D eigenvalue weighted by Gasteiger charge is -1.94. The van der Waals surface area contributed by atoms with Gasteiger partial charge in [0.1, 0.15) is 6.10 Å². The van der Waals surface area contributed by atoms with Gasteiger partial charge in [0.25, 0.3) is 0 Å². The standard InChI is InChI=1S/C5H9OP/c1-3-4-5(2)6-7/h5H,7H2,1-2H3. The summed E-state index contributed by atoms with van der Waals surface area (Å²) in [5.74, 6) is 5.53. The molecule has 0 aromatic rings. The first-order chi connectivity index (χ1) is 3.31. The predicted octanol–water partition coefficient (Wildman–Crippen LogP) is 1.20. The van der Waals surface area contributed by atoms with Gasteiger partial charge in [-0.05, 0) is 13.8 Å². The largest absolute Gasteiger partial charge is 0.350 e. The molecule has 0 heterocycles. The van der Waals surface area contributed by atoms with E-state index in [-0.39, 0.29) is 6.10 Å². The van der Waals surface area contributed by atoms with E-state index in [1.54, 1.807) is 6.92 Å². The van der Waals surface area contributed by atoms with E-state index in [1.807, 2.05) is 6.92 Å². The van der Waals surface area contributed by atoms with Crippen molar-refractivity contribution in [3.05, 3.63) is 0 Å². The molecule has 0 bridgehead atoms. The van der Waals surface area contributed by atoms with Gasteiger partial charge < -0.3 is 4.52 Å². The van der Waals surface area contributed by atoms with Crippen LogP contribution in [-0.4, -0.2) is 6.10 Å². The maximum Gasteiger partial charge on any atom is 0.118 e. The van der Waals surface area contributed by atoms with E-state index < -0.39 is 0 Å². The average Bonchev–Trinajstić information content (AvgIpc) is 1.68. The topological polar surface area (TPSA) is 9.23 Å². The molecule has 0 aliphatic carbocycles.